The van der Waals surface area contributed by atoms with Gasteiger partial charge in [0.2, 0.25) is 10.0 Å². The van der Waals surface area contributed by atoms with E-state index in [0.717, 1.165) is 24.8 Å². The molecule has 9 heteroatoms. The van der Waals surface area contributed by atoms with Gasteiger partial charge in [-0.3, -0.25) is 4.79 Å². The summed E-state index contributed by atoms with van der Waals surface area (Å²) in [7, 11) is -3.64. The molecule has 2 aromatic carbocycles. The van der Waals surface area contributed by atoms with Gasteiger partial charge in [-0.2, -0.15) is 9.40 Å². The normalized spacial score (nSPS) is 14.9. The lowest BCUT2D eigenvalue weighted by atomic mass is 10.1. The van der Waals surface area contributed by atoms with E-state index in [0.29, 0.717) is 36.0 Å². The fourth-order valence-electron chi connectivity index (χ4n) is 3.78. The van der Waals surface area contributed by atoms with Crippen LogP contribution >= 0.6 is 11.6 Å². The van der Waals surface area contributed by atoms with Crippen molar-refractivity contribution in [3.8, 4) is 0 Å². The van der Waals surface area contributed by atoms with Crippen LogP contribution in [0.2, 0.25) is 5.02 Å². The molecule has 7 nitrogen and oxygen atoms in total. The molecule has 3 aromatic rings. The highest BCUT2D eigenvalue weighted by Gasteiger charge is 2.28. The third-order valence-corrected chi connectivity index (χ3v) is 7.88. The summed E-state index contributed by atoms with van der Waals surface area (Å²) in [6, 6.07) is 13.9. The molecule has 0 unspecified atom stereocenters. The second kappa shape index (κ2) is 9.44. The van der Waals surface area contributed by atoms with Crippen LogP contribution in [0, 0.1) is 6.92 Å². The molecular weight excluding hydrogens is 448 g/mol. The largest absolute Gasteiger partial charge is 0.307 e. The van der Waals surface area contributed by atoms with Crippen LogP contribution in [0.15, 0.2) is 59.6 Å². The van der Waals surface area contributed by atoms with Gasteiger partial charge in [-0.15, -0.1) is 0 Å². The number of nitrogens with zero attached hydrogens (tertiary/aromatic N) is 3. The van der Waals surface area contributed by atoms with Crippen molar-refractivity contribution in [2.45, 2.75) is 37.6 Å². The van der Waals surface area contributed by atoms with E-state index < -0.39 is 15.9 Å². The minimum Gasteiger partial charge on any atom is -0.307 e. The number of piperidine rings is 1. The second-order valence-electron chi connectivity index (χ2n) is 7.90. The number of aromatic nitrogens is 2. The van der Waals surface area contributed by atoms with E-state index in [1.54, 1.807) is 48.1 Å². The van der Waals surface area contributed by atoms with Crippen molar-refractivity contribution in [2.24, 2.45) is 0 Å². The van der Waals surface area contributed by atoms with Gasteiger partial charge in [0.1, 0.15) is 5.82 Å². The standard InChI is InChI=1S/C23H25ClN4O3S/c1-17-5-8-19(15-21(17)32(30,31)27-13-3-2-4-14-27)23(29)26-22-11-12-25-28(22)16-18-6-9-20(24)10-7-18/h5-12,15H,2-4,13-14,16H2,1H3,(H,26,29). The number of benzene rings is 2. The summed E-state index contributed by atoms with van der Waals surface area (Å²) < 4.78 is 29.5. The van der Waals surface area contributed by atoms with Crippen LogP contribution in [0.5, 0.6) is 0 Å². The van der Waals surface area contributed by atoms with Crippen LogP contribution in [-0.2, 0) is 16.6 Å². The molecule has 1 aromatic heterocycles. The van der Waals surface area contributed by atoms with E-state index in [9.17, 15) is 13.2 Å². The number of halogens is 1. The van der Waals surface area contributed by atoms with Crippen molar-refractivity contribution in [1.29, 1.82) is 0 Å². The lowest BCUT2D eigenvalue weighted by molar-refractivity contribution is 0.102. The molecular formula is C23H25ClN4O3S. The van der Waals surface area contributed by atoms with E-state index >= 15 is 0 Å². The van der Waals surface area contributed by atoms with E-state index in [4.69, 9.17) is 11.6 Å². The van der Waals surface area contributed by atoms with Crippen molar-refractivity contribution < 1.29 is 13.2 Å². The fourth-order valence-corrected chi connectivity index (χ4v) is 5.67. The quantitative estimate of drug-likeness (QED) is 0.579. The van der Waals surface area contributed by atoms with Gasteiger partial charge in [0.25, 0.3) is 5.91 Å². The number of rotatable bonds is 6. The number of aryl methyl sites for hydroxylation is 1. The highest BCUT2D eigenvalue weighted by atomic mass is 35.5. The predicted octanol–water partition coefficient (Wildman–Crippen LogP) is 4.32. The fraction of sp³-hybridized carbons (Fsp3) is 0.304. The summed E-state index contributed by atoms with van der Waals surface area (Å²) >= 11 is 5.94. The molecule has 0 aliphatic carbocycles. The van der Waals surface area contributed by atoms with Gasteiger partial charge in [0, 0.05) is 29.7 Å². The van der Waals surface area contributed by atoms with Crippen molar-refractivity contribution in [1.82, 2.24) is 14.1 Å². The SMILES string of the molecule is Cc1ccc(C(=O)Nc2ccnn2Cc2ccc(Cl)cc2)cc1S(=O)(=O)N1CCCCC1. The molecule has 0 bridgehead atoms. The summed E-state index contributed by atoms with van der Waals surface area (Å²) in [5, 5.41) is 7.77. The van der Waals surface area contributed by atoms with Crippen molar-refractivity contribution in [2.75, 3.05) is 18.4 Å². The minimum atomic E-state index is -3.64. The van der Waals surface area contributed by atoms with Crippen LogP contribution in [0.4, 0.5) is 5.82 Å². The first-order valence-corrected chi connectivity index (χ1v) is 12.3. The molecule has 1 fully saturated rings. The van der Waals surface area contributed by atoms with Crippen molar-refractivity contribution in [3.63, 3.8) is 0 Å². The molecule has 1 saturated heterocycles. The summed E-state index contributed by atoms with van der Waals surface area (Å²) in [5.74, 6) is 0.129. The van der Waals surface area contributed by atoms with Crippen molar-refractivity contribution >= 4 is 33.3 Å². The van der Waals surface area contributed by atoms with Crippen LogP contribution in [0.1, 0.15) is 40.7 Å². The van der Waals surface area contributed by atoms with Crippen LogP contribution in [0.3, 0.4) is 0 Å². The third kappa shape index (κ3) is 4.87. The number of amides is 1. The Balaban J connectivity index is 1.54. The van der Waals surface area contributed by atoms with Gasteiger partial charge in [-0.1, -0.05) is 36.2 Å². The number of sulfonamides is 1. The number of hydrogen-bond donors (Lipinski definition) is 1. The first kappa shape index (κ1) is 22.5. The molecule has 4 rings (SSSR count). The Morgan fingerprint density at radius 3 is 2.50 bits per heavy atom. The Kier molecular flexibility index (Phi) is 6.64. The number of carbonyl (C=O) groups is 1. The number of hydrogen-bond acceptors (Lipinski definition) is 4. The molecule has 32 heavy (non-hydrogen) atoms. The molecule has 2 heterocycles. The van der Waals surface area contributed by atoms with E-state index in [1.165, 1.54) is 10.4 Å². The van der Waals surface area contributed by atoms with E-state index in [-0.39, 0.29) is 10.5 Å². The van der Waals surface area contributed by atoms with E-state index in [1.807, 2.05) is 12.1 Å². The Labute approximate surface area is 193 Å². The molecule has 1 aliphatic heterocycles. The minimum absolute atomic E-state index is 0.182. The maximum absolute atomic E-state index is 13.2. The van der Waals surface area contributed by atoms with Crippen molar-refractivity contribution in [3.05, 3.63) is 76.4 Å². The molecule has 1 aliphatic rings. The second-order valence-corrected chi connectivity index (χ2v) is 10.2. The predicted molar refractivity (Wildman–Crippen MR) is 125 cm³/mol. The van der Waals surface area contributed by atoms with Gasteiger partial charge >= 0.3 is 0 Å². The Morgan fingerprint density at radius 2 is 1.78 bits per heavy atom. The molecule has 1 N–H and O–H groups in total. The summed E-state index contributed by atoms with van der Waals surface area (Å²) in [6.07, 6.45) is 4.36. The molecule has 168 valence electrons. The zero-order chi connectivity index (χ0) is 22.7. The van der Waals surface area contributed by atoms with Gasteiger partial charge in [-0.25, -0.2) is 13.1 Å². The van der Waals surface area contributed by atoms with E-state index in [2.05, 4.69) is 10.4 Å². The Hall–Kier alpha value is -2.68. The monoisotopic (exact) mass is 472 g/mol. The zero-order valence-corrected chi connectivity index (χ0v) is 19.4. The lowest BCUT2D eigenvalue weighted by Crippen LogP contribution is -2.36. The molecule has 0 radical (unpaired) electrons. The smallest absolute Gasteiger partial charge is 0.256 e. The first-order chi connectivity index (χ1) is 15.3. The van der Waals surface area contributed by atoms with Gasteiger partial charge in [-0.05, 0) is 55.2 Å². The third-order valence-electron chi connectivity index (χ3n) is 5.59. The maximum Gasteiger partial charge on any atom is 0.256 e. The van der Waals surface area contributed by atoms with Crippen LogP contribution in [-0.4, -0.2) is 41.5 Å². The molecule has 1 amide bonds. The highest BCUT2D eigenvalue weighted by Crippen LogP contribution is 2.25. The van der Waals surface area contributed by atoms with Crippen LogP contribution < -0.4 is 5.32 Å². The highest BCUT2D eigenvalue weighted by molar-refractivity contribution is 7.89. The lowest BCUT2D eigenvalue weighted by Gasteiger charge is -2.26. The number of anilines is 1. The van der Waals surface area contributed by atoms with Gasteiger partial charge in [0.05, 0.1) is 17.6 Å². The first-order valence-electron chi connectivity index (χ1n) is 10.5. The topological polar surface area (TPSA) is 84.3 Å². The van der Waals surface area contributed by atoms with Gasteiger partial charge < -0.3 is 5.32 Å². The summed E-state index contributed by atoms with van der Waals surface area (Å²) in [5.41, 5.74) is 1.89. The maximum atomic E-state index is 13.2. The molecule has 0 atom stereocenters. The Morgan fingerprint density at radius 1 is 1.06 bits per heavy atom. The average Bonchev–Trinajstić information content (AvgIpc) is 3.22. The number of carbonyl (C=O) groups excluding carboxylic acids is 1. The summed E-state index contributed by atoms with van der Waals surface area (Å²) in [4.78, 5) is 13.1. The number of nitrogens with one attached hydrogen (secondary N) is 1. The average molecular weight is 473 g/mol. The Bertz CT molecular complexity index is 1220. The van der Waals surface area contributed by atoms with Gasteiger partial charge in [0.15, 0.2) is 0 Å². The van der Waals surface area contributed by atoms with Crippen LogP contribution in [0.25, 0.3) is 0 Å². The summed E-state index contributed by atoms with van der Waals surface area (Å²) in [6.45, 7) is 3.24. The zero-order valence-electron chi connectivity index (χ0n) is 17.8. The molecule has 0 spiro atoms. The molecule has 0 saturated carbocycles.